The molecular weight excluding hydrogens is 294 g/mol. The zero-order valence-corrected chi connectivity index (χ0v) is 13.2. The van der Waals surface area contributed by atoms with Crippen LogP contribution in [0.2, 0.25) is 0 Å². The number of carbonyl (C=O) groups excluding carboxylic acids is 1. The third-order valence-corrected chi connectivity index (χ3v) is 4.22. The van der Waals surface area contributed by atoms with Gasteiger partial charge >= 0.3 is 0 Å². The molecule has 1 saturated heterocycles. The molecule has 3 rings (SSSR count). The second-order valence-electron chi connectivity index (χ2n) is 5.94. The number of para-hydroxylation sites is 1. The van der Waals surface area contributed by atoms with Gasteiger partial charge in [-0.05, 0) is 37.8 Å². The number of H-pyrrole nitrogens is 1. The average molecular weight is 315 g/mol. The summed E-state index contributed by atoms with van der Waals surface area (Å²) in [5.41, 5.74) is 0.242. The van der Waals surface area contributed by atoms with E-state index in [9.17, 15) is 9.59 Å². The minimum absolute atomic E-state index is 0.0840. The number of fused-ring (bicyclic) bond motifs is 1. The first-order valence-electron chi connectivity index (χ1n) is 8.01. The van der Waals surface area contributed by atoms with Crippen molar-refractivity contribution in [2.24, 2.45) is 0 Å². The molecule has 23 heavy (non-hydrogen) atoms. The minimum atomic E-state index is -0.289. The molecule has 1 N–H and O–H groups in total. The van der Waals surface area contributed by atoms with Crippen LogP contribution in [0.15, 0.2) is 29.1 Å². The van der Waals surface area contributed by atoms with Crippen LogP contribution in [0.3, 0.4) is 0 Å². The average Bonchev–Trinajstić information content (AvgIpc) is 2.60. The van der Waals surface area contributed by atoms with Crippen molar-refractivity contribution in [1.29, 1.82) is 0 Å². The van der Waals surface area contributed by atoms with E-state index in [1.807, 2.05) is 0 Å². The van der Waals surface area contributed by atoms with Gasteiger partial charge in [-0.15, -0.1) is 0 Å². The summed E-state index contributed by atoms with van der Waals surface area (Å²) < 4.78 is 5.68. The molecule has 1 amide bonds. The van der Waals surface area contributed by atoms with Crippen molar-refractivity contribution >= 4 is 16.8 Å². The molecule has 1 unspecified atom stereocenters. The van der Waals surface area contributed by atoms with Crippen LogP contribution in [-0.2, 0) is 4.74 Å². The molecule has 0 aliphatic carbocycles. The maximum atomic E-state index is 12.5. The molecule has 1 aromatic heterocycles. The van der Waals surface area contributed by atoms with Crippen LogP contribution in [0.1, 0.15) is 36.3 Å². The molecule has 2 heterocycles. The summed E-state index contributed by atoms with van der Waals surface area (Å²) in [5.74, 6) is -0.190. The number of hydrogen-bond acceptors (Lipinski definition) is 4. The first-order valence-corrected chi connectivity index (χ1v) is 8.01. The van der Waals surface area contributed by atoms with Crippen LogP contribution < -0.4 is 5.56 Å². The number of hydrogen-bond donors (Lipinski definition) is 1. The fourth-order valence-corrected chi connectivity index (χ4v) is 2.84. The fraction of sp³-hybridized carbons (Fsp3) is 0.471. The maximum Gasteiger partial charge on any atom is 0.289 e. The van der Waals surface area contributed by atoms with Gasteiger partial charge in [0.05, 0.1) is 17.0 Å². The lowest BCUT2D eigenvalue weighted by Gasteiger charge is -2.25. The Labute approximate surface area is 134 Å². The number of benzene rings is 1. The Balaban J connectivity index is 1.70. The monoisotopic (exact) mass is 315 g/mol. The van der Waals surface area contributed by atoms with Gasteiger partial charge in [0.1, 0.15) is 0 Å². The molecule has 0 bridgehead atoms. The Morgan fingerprint density at radius 3 is 3.00 bits per heavy atom. The molecule has 1 aliphatic rings. The standard InChI is InChI=1S/C17H21N3O3/c1-20(10-9-12-6-4-5-11-23-12)17(22)15-18-14-8-3-2-7-13(14)16(21)19-15/h2-3,7-8,12H,4-6,9-11H2,1H3,(H,18,19,21). The van der Waals surface area contributed by atoms with E-state index < -0.39 is 0 Å². The summed E-state index contributed by atoms with van der Waals surface area (Å²) in [7, 11) is 1.72. The van der Waals surface area contributed by atoms with E-state index >= 15 is 0 Å². The van der Waals surface area contributed by atoms with Crippen LogP contribution >= 0.6 is 0 Å². The lowest BCUT2D eigenvalue weighted by molar-refractivity contribution is 0.00702. The Morgan fingerprint density at radius 1 is 1.39 bits per heavy atom. The van der Waals surface area contributed by atoms with E-state index in [0.717, 1.165) is 25.9 Å². The minimum Gasteiger partial charge on any atom is -0.378 e. The van der Waals surface area contributed by atoms with E-state index in [2.05, 4.69) is 9.97 Å². The summed E-state index contributed by atoms with van der Waals surface area (Å²) in [6.45, 7) is 1.39. The fourth-order valence-electron chi connectivity index (χ4n) is 2.84. The molecule has 0 spiro atoms. The molecule has 1 aliphatic heterocycles. The van der Waals surface area contributed by atoms with E-state index in [1.54, 1.807) is 36.2 Å². The van der Waals surface area contributed by atoms with Gasteiger partial charge in [-0.2, -0.15) is 0 Å². The molecule has 1 atom stereocenters. The lowest BCUT2D eigenvalue weighted by atomic mass is 10.1. The Morgan fingerprint density at radius 2 is 2.22 bits per heavy atom. The number of nitrogens with zero attached hydrogens (tertiary/aromatic N) is 2. The van der Waals surface area contributed by atoms with Crippen LogP contribution in [0.4, 0.5) is 0 Å². The highest BCUT2D eigenvalue weighted by Crippen LogP contribution is 2.16. The second-order valence-corrected chi connectivity index (χ2v) is 5.94. The molecule has 2 aromatic rings. The van der Waals surface area contributed by atoms with Gasteiger partial charge in [0.2, 0.25) is 0 Å². The van der Waals surface area contributed by atoms with Gasteiger partial charge in [-0.3, -0.25) is 9.59 Å². The van der Waals surface area contributed by atoms with Gasteiger partial charge < -0.3 is 14.6 Å². The number of aromatic amines is 1. The van der Waals surface area contributed by atoms with Gasteiger partial charge in [0.15, 0.2) is 5.82 Å². The zero-order valence-electron chi connectivity index (χ0n) is 13.2. The number of carbonyl (C=O) groups is 1. The van der Waals surface area contributed by atoms with Crippen LogP contribution in [0, 0.1) is 0 Å². The predicted octanol–water partition coefficient (Wildman–Crippen LogP) is 1.95. The van der Waals surface area contributed by atoms with E-state index in [0.29, 0.717) is 17.4 Å². The summed E-state index contributed by atoms with van der Waals surface area (Å²) in [6, 6.07) is 7.00. The molecule has 1 fully saturated rings. The van der Waals surface area contributed by atoms with Crippen molar-refractivity contribution in [3.63, 3.8) is 0 Å². The van der Waals surface area contributed by atoms with E-state index in [-0.39, 0.29) is 23.4 Å². The van der Waals surface area contributed by atoms with Gasteiger partial charge in [0.25, 0.3) is 11.5 Å². The number of ether oxygens (including phenoxy) is 1. The number of amides is 1. The van der Waals surface area contributed by atoms with Crippen molar-refractivity contribution in [2.45, 2.75) is 31.8 Å². The molecule has 0 radical (unpaired) electrons. The first-order chi connectivity index (χ1) is 11.1. The van der Waals surface area contributed by atoms with Gasteiger partial charge in [-0.25, -0.2) is 4.98 Å². The molecule has 122 valence electrons. The number of aromatic nitrogens is 2. The first kappa shape index (κ1) is 15.7. The van der Waals surface area contributed by atoms with E-state index in [4.69, 9.17) is 4.74 Å². The summed E-state index contributed by atoms with van der Waals surface area (Å²) in [6.07, 6.45) is 4.38. The third-order valence-electron chi connectivity index (χ3n) is 4.22. The molecule has 1 aromatic carbocycles. The van der Waals surface area contributed by atoms with Crippen molar-refractivity contribution in [2.75, 3.05) is 20.2 Å². The highest BCUT2D eigenvalue weighted by Gasteiger charge is 2.19. The highest BCUT2D eigenvalue weighted by molar-refractivity contribution is 5.92. The molecule has 6 heteroatoms. The number of rotatable bonds is 4. The van der Waals surface area contributed by atoms with Crippen LogP contribution in [-0.4, -0.2) is 47.1 Å². The second kappa shape index (κ2) is 6.91. The van der Waals surface area contributed by atoms with E-state index in [1.165, 1.54) is 6.42 Å². The maximum absolute atomic E-state index is 12.5. The summed E-state index contributed by atoms with van der Waals surface area (Å²) in [5, 5.41) is 0.488. The van der Waals surface area contributed by atoms with Crippen molar-refractivity contribution in [3.05, 3.63) is 40.4 Å². The topological polar surface area (TPSA) is 75.3 Å². The normalized spacial score (nSPS) is 18.0. The Hall–Kier alpha value is -2.21. The van der Waals surface area contributed by atoms with Crippen molar-refractivity contribution < 1.29 is 9.53 Å². The molecule has 0 saturated carbocycles. The smallest absolute Gasteiger partial charge is 0.289 e. The zero-order chi connectivity index (χ0) is 16.2. The molecular formula is C17H21N3O3. The van der Waals surface area contributed by atoms with Gasteiger partial charge in [-0.1, -0.05) is 12.1 Å². The summed E-state index contributed by atoms with van der Waals surface area (Å²) in [4.78, 5) is 33.0. The SMILES string of the molecule is CN(CCC1CCCCO1)C(=O)c1nc2ccccc2c(=O)[nH]1. The van der Waals surface area contributed by atoms with Crippen LogP contribution in [0.25, 0.3) is 10.9 Å². The van der Waals surface area contributed by atoms with Crippen molar-refractivity contribution in [1.82, 2.24) is 14.9 Å². The Bertz CT molecular complexity index is 750. The van der Waals surface area contributed by atoms with Gasteiger partial charge in [0, 0.05) is 20.2 Å². The third kappa shape index (κ3) is 3.59. The van der Waals surface area contributed by atoms with Crippen molar-refractivity contribution in [3.8, 4) is 0 Å². The highest BCUT2D eigenvalue weighted by atomic mass is 16.5. The summed E-state index contributed by atoms with van der Waals surface area (Å²) >= 11 is 0. The quantitative estimate of drug-likeness (QED) is 0.936. The number of nitrogens with one attached hydrogen (secondary N) is 1. The largest absolute Gasteiger partial charge is 0.378 e. The van der Waals surface area contributed by atoms with Crippen LogP contribution in [0.5, 0.6) is 0 Å². The predicted molar refractivity (Wildman–Crippen MR) is 87.5 cm³/mol. The Kier molecular flexibility index (Phi) is 4.71. The molecule has 6 nitrogen and oxygen atoms in total. The lowest BCUT2D eigenvalue weighted by Crippen LogP contribution is -2.33.